The Bertz CT molecular complexity index is 1200. The first-order chi connectivity index (χ1) is 14.1. The lowest BCUT2D eigenvalue weighted by molar-refractivity contribution is 0.0996. The summed E-state index contributed by atoms with van der Waals surface area (Å²) in [7, 11) is 0. The second kappa shape index (κ2) is 6.93. The number of aromatic nitrogens is 4. The Morgan fingerprint density at radius 3 is 2.79 bits per heavy atom. The van der Waals surface area contributed by atoms with E-state index in [4.69, 9.17) is 4.98 Å². The Morgan fingerprint density at radius 1 is 1.10 bits per heavy atom. The third kappa shape index (κ3) is 3.03. The van der Waals surface area contributed by atoms with Crippen LogP contribution in [0, 0.1) is 0 Å². The van der Waals surface area contributed by atoms with Gasteiger partial charge in [-0.25, -0.2) is 4.98 Å². The van der Waals surface area contributed by atoms with E-state index < -0.39 is 0 Å². The van der Waals surface area contributed by atoms with Crippen LogP contribution in [0.4, 0.5) is 5.82 Å². The predicted octanol–water partition coefficient (Wildman–Crippen LogP) is 4.81. The number of hydrogen-bond acceptors (Lipinski definition) is 5. The minimum atomic E-state index is -0.0212. The first-order valence-electron chi connectivity index (χ1n) is 9.46. The van der Waals surface area contributed by atoms with Crippen molar-refractivity contribution in [2.45, 2.75) is 26.4 Å². The Balaban J connectivity index is 1.49. The quantitative estimate of drug-likeness (QED) is 0.492. The van der Waals surface area contributed by atoms with Crippen molar-refractivity contribution in [3.63, 3.8) is 0 Å². The zero-order valence-corrected chi connectivity index (χ0v) is 16.9. The molecule has 0 atom stereocenters. The summed E-state index contributed by atoms with van der Waals surface area (Å²) in [4.78, 5) is 19.6. The molecule has 0 radical (unpaired) electrons. The molecule has 4 heterocycles. The lowest BCUT2D eigenvalue weighted by Gasteiger charge is -2.16. The van der Waals surface area contributed by atoms with Gasteiger partial charge in [0, 0.05) is 11.6 Å². The van der Waals surface area contributed by atoms with E-state index in [1.165, 1.54) is 0 Å². The van der Waals surface area contributed by atoms with Crippen molar-refractivity contribution in [2.75, 3.05) is 4.90 Å². The fourth-order valence-electron chi connectivity index (χ4n) is 3.60. The maximum Gasteiger partial charge on any atom is 0.260 e. The van der Waals surface area contributed by atoms with Gasteiger partial charge in [0.25, 0.3) is 5.91 Å². The number of thiophene rings is 1. The number of rotatable bonds is 4. The van der Waals surface area contributed by atoms with E-state index in [9.17, 15) is 4.79 Å². The summed E-state index contributed by atoms with van der Waals surface area (Å²) in [5, 5.41) is 12.4. The Morgan fingerprint density at radius 2 is 2.00 bits per heavy atom. The number of carbonyl (C=O) groups excluding carboxylic acids is 1. The number of pyridine rings is 1. The van der Waals surface area contributed by atoms with Gasteiger partial charge in [-0.2, -0.15) is 11.3 Å². The van der Waals surface area contributed by atoms with Crippen LogP contribution in [0.3, 0.4) is 0 Å². The van der Waals surface area contributed by atoms with Gasteiger partial charge in [0.05, 0.1) is 6.54 Å². The number of nitrogens with zero attached hydrogens (tertiary/aromatic N) is 5. The first kappa shape index (κ1) is 17.8. The third-order valence-corrected chi connectivity index (χ3v) is 5.82. The first-order valence-corrected chi connectivity index (χ1v) is 10.4. The number of fused-ring (bicyclic) bond motifs is 1. The summed E-state index contributed by atoms with van der Waals surface area (Å²) < 4.78 is 1.97. The summed E-state index contributed by atoms with van der Waals surface area (Å²) in [5.41, 5.74) is 4.67. The van der Waals surface area contributed by atoms with Crippen LogP contribution in [0.2, 0.25) is 0 Å². The Kier molecular flexibility index (Phi) is 4.24. The lowest BCUT2D eigenvalue weighted by Crippen LogP contribution is -2.24. The lowest BCUT2D eigenvalue weighted by atomic mass is 10.0. The fraction of sp³-hybridized carbons (Fsp3) is 0.182. The van der Waals surface area contributed by atoms with Gasteiger partial charge in [0.15, 0.2) is 5.82 Å². The maximum absolute atomic E-state index is 13.1. The van der Waals surface area contributed by atoms with Gasteiger partial charge < -0.3 is 4.57 Å². The predicted molar refractivity (Wildman–Crippen MR) is 114 cm³/mol. The normalized spacial score (nSPS) is 13.3. The average Bonchev–Trinajstić information content (AvgIpc) is 3.48. The van der Waals surface area contributed by atoms with Crippen molar-refractivity contribution < 1.29 is 4.79 Å². The van der Waals surface area contributed by atoms with E-state index in [1.54, 1.807) is 22.6 Å². The summed E-state index contributed by atoms with van der Waals surface area (Å²) in [6, 6.07) is 14.1. The molecule has 0 fully saturated rings. The van der Waals surface area contributed by atoms with Crippen LogP contribution in [0.1, 0.15) is 35.8 Å². The molecule has 144 valence electrons. The maximum atomic E-state index is 13.1. The van der Waals surface area contributed by atoms with Crippen molar-refractivity contribution in [3.8, 4) is 22.6 Å². The van der Waals surface area contributed by atoms with Crippen LogP contribution in [0.25, 0.3) is 22.6 Å². The smallest absolute Gasteiger partial charge is 0.260 e. The largest absolute Gasteiger partial charge is 0.310 e. The molecule has 0 unspecified atom stereocenters. The number of carbonyl (C=O) groups is 1. The van der Waals surface area contributed by atoms with Crippen molar-refractivity contribution in [2.24, 2.45) is 0 Å². The number of amides is 1. The van der Waals surface area contributed by atoms with Gasteiger partial charge in [-0.15, -0.1) is 10.2 Å². The highest BCUT2D eigenvalue weighted by Crippen LogP contribution is 2.32. The summed E-state index contributed by atoms with van der Waals surface area (Å²) >= 11 is 1.65. The molecule has 1 aliphatic rings. The minimum absolute atomic E-state index is 0.0212. The zero-order chi connectivity index (χ0) is 20.0. The molecule has 4 aromatic rings. The van der Waals surface area contributed by atoms with Crippen molar-refractivity contribution in [1.29, 1.82) is 0 Å². The van der Waals surface area contributed by atoms with Crippen molar-refractivity contribution in [1.82, 2.24) is 19.7 Å². The number of anilines is 1. The highest BCUT2D eigenvalue weighted by atomic mass is 32.1. The van der Waals surface area contributed by atoms with E-state index in [0.29, 0.717) is 23.9 Å². The number of hydrogen-bond donors (Lipinski definition) is 0. The van der Waals surface area contributed by atoms with Crippen LogP contribution in [0.5, 0.6) is 0 Å². The number of benzene rings is 1. The van der Waals surface area contributed by atoms with Gasteiger partial charge in [0.2, 0.25) is 0 Å². The van der Waals surface area contributed by atoms with E-state index in [1.807, 2.05) is 40.3 Å². The van der Waals surface area contributed by atoms with Crippen molar-refractivity contribution in [3.05, 3.63) is 70.7 Å². The molecule has 3 aromatic heterocycles. The minimum Gasteiger partial charge on any atom is -0.310 e. The second-order valence-corrected chi connectivity index (χ2v) is 8.09. The monoisotopic (exact) mass is 401 g/mol. The molecule has 7 heteroatoms. The molecule has 0 saturated carbocycles. The van der Waals surface area contributed by atoms with E-state index in [-0.39, 0.29) is 11.9 Å². The highest BCUT2D eigenvalue weighted by molar-refractivity contribution is 7.08. The van der Waals surface area contributed by atoms with E-state index in [2.05, 4.69) is 41.6 Å². The van der Waals surface area contributed by atoms with Gasteiger partial charge in [-0.05, 0) is 65.6 Å². The summed E-state index contributed by atoms with van der Waals surface area (Å²) in [6.45, 7) is 4.66. The molecular weight excluding hydrogens is 382 g/mol. The molecule has 0 saturated heterocycles. The molecule has 0 N–H and O–H groups in total. The Labute approximate surface area is 172 Å². The molecule has 0 bridgehead atoms. The molecule has 1 aliphatic heterocycles. The topological polar surface area (TPSA) is 63.9 Å². The third-order valence-electron chi connectivity index (χ3n) is 5.14. The molecular formula is C22H19N5OS. The van der Waals surface area contributed by atoms with Crippen LogP contribution in [0.15, 0.2) is 59.6 Å². The molecule has 1 aromatic carbocycles. The average molecular weight is 401 g/mol. The van der Waals surface area contributed by atoms with E-state index >= 15 is 0 Å². The fourth-order valence-corrected chi connectivity index (χ4v) is 4.26. The van der Waals surface area contributed by atoms with Crippen LogP contribution in [-0.2, 0) is 6.54 Å². The Hall–Kier alpha value is -3.32. The zero-order valence-electron chi connectivity index (χ0n) is 16.1. The van der Waals surface area contributed by atoms with E-state index in [0.717, 1.165) is 22.3 Å². The van der Waals surface area contributed by atoms with Crippen LogP contribution >= 0.6 is 11.3 Å². The molecule has 1 amide bonds. The standard InChI is InChI=1S/C22H19N5OS/c1-14(2)27-13-23-25-21(27)19-4-3-5-20(24-19)26-11-16-7-6-15(10-18(16)22(26)28)17-8-9-29-12-17/h3-10,12-14H,11H2,1-2H3. The van der Waals surface area contributed by atoms with Crippen molar-refractivity contribution >= 4 is 23.1 Å². The van der Waals surface area contributed by atoms with Gasteiger partial charge >= 0.3 is 0 Å². The molecule has 0 aliphatic carbocycles. The summed E-state index contributed by atoms with van der Waals surface area (Å²) in [5.74, 6) is 1.30. The van der Waals surface area contributed by atoms with Gasteiger partial charge in [-0.1, -0.05) is 18.2 Å². The molecule has 5 rings (SSSR count). The van der Waals surface area contributed by atoms with Crippen LogP contribution < -0.4 is 4.90 Å². The highest BCUT2D eigenvalue weighted by Gasteiger charge is 2.30. The molecule has 6 nitrogen and oxygen atoms in total. The SMILES string of the molecule is CC(C)n1cnnc1-c1cccc(N2Cc3ccc(-c4ccsc4)cc3C2=O)n1. The second-order valence-electron chi connectivity index (χ2n) is 7.31. The molecule has 29 heavy (non-hydrogen) atoms. The summed E-state index contributed by atoms with van der Waals surface area (Å²) in [6.07, 6.45) is 1.71. The van der Waals surface area contributed by atoms with Crippen LogP contribution in [-0.4, -0.2) is 25.7 Å². The van der Waals surface area contributed by atoms with Gasteiger partial charge in [-0.3, -0.25) is 9.69 Å². The van der Waals surface area contributed by atoms with Gasteiger partial charge in [0.1, 0.15) is 17.8 Å². The molecule has 0 spiro atoms.